The third-order valence-electron chi connectivity index (χ3n) is 3.11. The number of hydrogen-bond donors (Lipinski definition) is 0. The van der Waals surface area contributed by atoms with Crippen LogP contribution in [0.4, 0.5) is 0 Å². The molecule has 0 aliphatic rings. The van der Waals surface area contributed by atoms with Gasteiger partial charge in [0.25, 0.3) is 0 Å². The van der Waals surface area contributed by atoms with E-state index >= 15 is 0 Å². The van der Waals surface area contributed by atoms with Gasteiger partial charge in [0.1, 0.15) is 0 Å². The third kappa shape index (κ3) is 4.74. The van der Waals surface area contributed by atoms with Gasteiger partial charge in [-0.3, -0.25) is 0 Å². The zero-order valence-corrected chi connectivity index (χ0v) is 11.7. The van der Waals surface area contributed by atoms with E-state index in [0.717, 1.165) is 6.42 Å². The van der Waals surface area contributed by atoms with Gasteiger partial charge in [0.05, 0.1) is 0 Å². The van der Waals surface area contributed by atoms with Crippen LogP contribution in [0.1, 0.15) is 17.5 Å². The van der Waals surface area contributed by atoms with Crippen LogP contribution >= 0.6 is 0 Å². The first kappa shape index (κ1) is 14.1. The second-order valence-electron chi connectivity index (χ2n) is 4.73. The fourth-order valence-electron chi connectivity index (χ4n) is 2.01. The van der Waals surface area contributed by atoms with Gasteiger partial charge in [-0.1, -0.05) is 91.0 Å². The summed E-state index contributed by atoms with van der Waals surface area (Å²) in [6.07, 6.45) is 11.7. The summed E-state index contributed by atoms with van der Waals surface area (Å²) in [6.45, 7) is 3.84. The van der Waals surface area contributed by atoms with E-state index in [2.05, 4.69) is 79.4 Å². The van der Waals surface area contributed by atoms with E-state index in [4.69, 9.17) is 0 Å². The van der Waals surface area contributed by atoms with Gasteiger partial charge in [-0.2, -0.15) is 0 Å². The number of benzene rings is 2. The molecule has 20 heavy (non-hydrogen) atoms. The van der Waals surface area contributed by atoms with Crippen molar-refractivity contribution in [1.29, 1.82) is 0 Å². The van der Waals surface area contributed by atoms with Gasteiger partial charge in [-0.05, 0) is 23.5 Å². The fourth-order valence-corrected chi connectivity index (χ4v) is 2.01. The van der Waals surface area contributed by atoms with E-state index in [1.54, 1.807) is 0 Å². The van der Waals surface area contributed by atoms with Crippen molar-refractivity contribution in [2.75, 3.05) is 0 Å². The highest BCUT2D eigenvalue weighted by Crippen LogP contribution is 2.13. The minimum atomic E-state index is 0.382. The van der Waals surface area contributed by atoms with Crippen molar-refractivity contribution in [2.24, 2.45) is 5.92 Å². The molecule has 0 bridgehead atoms. The maximum absolute atomic E-state index is 3.84. The number of allylic oxidation sites excluding steroid dienone is 3. The Hall–Kier alpha value is -2.34. The lowest BCUT2D eigenvalue weighted by Crippen LogP contribution is -1.89. The van der Waals surface area contributed by atoms with Gasteiger partial charge in [-0.15, -0.1) is 6.58 Å². The highest BCUT2D eigenvalue weighted by Gasteiger charge is 1.97. The van der Waals surface area contributed by atoms with Crippen LogP contribution in [0.15, 0.2) is 85.5 Å². The van der Waals surface area contributed by atoms with Crippen molar-refractivity contribution in [1.82, 2.24) is 0 Å². The van der Waals surface area contributed by atoms with Crippen LogP contribution in [0.3, 0.4) is 0 Å². The van der Waals surface area contributed by atoms with Crippen molar-refractivity contribution >= 4 is 12.2 Å². The normalized spacial score (nSPS) is 11.4. The lowest BCUT2D eigenvalue weighted by atomic mass is 10.0. The third-order valence-corrected chi connectivity index (χ3v) is 3.11. The summed E-state index contributed by atoms with van der Waals surface area (Å²) in [5.41, 5.74) is 2.46. The summed E-state index contributed by atoms with van der Waals surface area (Å²) in [7, 11) is 0. The van der Waals surface area contributed by atoms with Crippen molar-refractivity contribution in [3.05, 3.63) is 96.6 Å². The van der Waals surface area contributed by atoms with Crippen LogP contribution in [0.25, 0.3) is 12.2 Å². The Kier molecular flexibility index (Phi) is 5.60. The molecule has 0 saturated carbocycles. The summed E-state index contributed by atoms with van der Waals surface area (Å²) >= 11 is 0. The Labute approximate surface area is 121 Å². The molecule has 0 amide bonds. The molecule has 100 valence electrons. The molecule has 0 heteroatoms. The Bertz CT molecular complexity index is 512. The van der Waals surface area contributed by atoms with E-state index < -0.39 is 0 Å². The molecular weight excluding hydrogens is 240 g/mol. The number of rotatable bonds is 6. The van der Waals surface area contributed by atoms with E-state index in [9.17, 15) is 0 Å². The van der Waals surface area contributed by atoms with E-state index in [1.807, 2.05) is 18.2 Å². The average Bonchev–Trinajstić information content (AvgIpc) is 2.52. The second-order valence-corrected chi connectivity index (χ2v) is 4.73. The van der Waals surface area contributed by atoms with E-state index in [0.29, 0.717) is 5.92 Å². The zero-order chi connectivity index (χ0) is 14.0. The molecule has 2 rings (SSSR count). The van der Waals surface area contributed by atoms with Gasteiger partial charge >= 0.3 is 0 Å². The topological polar surface area (TPSA) is 0 Å². The summed E-state index contributed by atoms with van der Waals surface area (Å²) < 4.78 is 0. The average molecular weight is 260 g/mol. The first-order chi connectivity index (χ1) is 9.88. The minimum Gasteiger partial charge on any atom is -0.103 e. The molecule has 0 atom stereocenters. The largest absolute Gasteiger partial charge is 0.103 e. The highest BCUT2D eigenvalue weighted by molar-refractivity contribution is 5.52. The monoisotopic (exact) mass is 260 g/mol. The lowest BCUT2D eigenvalue weighted by molar-refractivity contribution is 0.842. The quantitative estimate of drug-likeness (QED) is 0.592. The molecule has 0 nitrogen and oxygen atoms in total. The van der Waals surface area contributed by atoms with Crippen molar-refractivity contribution in [2.45, 2.75) is 6.42 Å². The highest BCUT2D eigenvalue weighted by atomic mass is 14.0. The molecule has 0 spiro atoms. The van der Waals surface area contributed by atoms with Crippen LogP contribution in [-0.4, -0.2) is 0 Å². The molecule has 0 saturated heterocycles. The molecule has 0 unspecified atom stereocenters. The molecule has 0 N–H and O–H groups in total. The minimum absolute atomic E-state index is 0.382. The van der Waals surface area contributed by atoms with Crippen molar-refractivity contribution < 1.29 is 0 Å². The predicted molar refractivity (Wildman–Crippen MR) is 89.3 cm³/mol. The second kappa shape index (κ2) is 7.96. The molecule has 0 fully saturated rings. The van der Waals surface area contributed by atoms with E-state index in [-0.39, 0.29) is 0 Å². The SMILES string of the molecule is C=CCC(/C=C/c1ccccc1)/C=C/c1ccccc1. The van der Waals surface area contributed by atoms with Crippen LogP contribution in [-0.2, 0) is 0 Å². The van der Waals surface area contributed by atoms with Crippen LogP contribution < -0.4 is 0 Å². The summed E-state index contributed by atoms with van der Waals surface area (Å²) in [6, 6.07) is 20.8. The van der Waals surface area contributed by atoms with Gasteiger partial charge in [0, 0.05) is 0 Å². The molecule has 0 radical (unpaired) electrons. The fraction of sp³-hybridized carbons (Fsp3) is 0.100. The first-order valence-corrected chi connectivity index (χ1v) is 6.96. The first-order valence-electron chi connectivity index (χ1n) is 6.96. The zero-order valence-electron chi connectivity index (χ0n) is 11.7. The predicted octanol–water partition coefficient (Wildman–Crippen LogP) is 5.61. The maximum Gasteiger partial charge on any atom is -0.00124 e. The Morgan fingerprint density at radius 1 is 0.750 bits per heavy atom. The smallest absolute Gasteiger partial charge is 0.00124 e. The molecule has 2 aromatic carbocycles. The molecule has 2 aromatic rings. The molecule has 0 aromatic heterocycles. The van der Waals surface area contributed by atoms with Crippen molar-refractivity contribution in [3.63, 3.8) is 0 Å². The van der Waals surface area contributed by atoms with Gasteiger partial charge in [-0.25, -0.2) is 0 Å². The van der Waals surface area contributed by atoms with Gasteiger partial charge in [0.15, 0.2) is 0 Å². The van der Waals surface area contributed by atoms with Gasteiger partial charge in [0.2, 0.25) is 0 Å². The summed E-state index contributed by atoms with van der Waals surface area (Å²) in [5.74, 6) is 0.382. The van der Waals surface area contributed by atoms with Crippen molar-refractivity contribution in [3.8, 4) is 0 Å². The lowest BCUT2D eigenvalue weighted by Gasteiger charge is -2.04. The Balaban J connectivity index is 2.05. The molecule has 0 heterocycles. The number of hydrogen-bond acceptors (Lipinski definition) is 0. The molecule has 0 aliphatic heterocycles. The van der Waals surface area contributed by atoms with Crippen LogP contribution in [0.2, 0.25) is 0 Å². The molecular formula is C20H20. The maximum atomic E-state index is 3.84. The van der Waals surface area contributed by atoms with Crippen LogP contribution in [0, 0.1) is 5.92 Å². The Morgan fingerprint density at radius 2 is 1.20 bits per heavy atom. The standard InChI is InChI=1S/C20H20/c1-2-9-18(14-16-19-10-5-3-6-11-19)15-17-20-12-7-4-8-13-20/h2-8,10-18H,1,9H2/b16-14+,17-15+. The molecule has 0 aliphatic carbocycles. The van der Waals surface area contributed by atoms with Crippen LogP contribution in [0.5, 0.6) is 0 Å². The summed E-state index contributed by atoms with van der Waals surface area (Å²) in [4.78, 5) is 0. The Morgan fingerprint density at radius 3 is 1.60 bits per heavy atom. The van der Waals surface area contributed by atoms with Gasteiger partial charge < -0.3 is 0 Å². The van der Waals surface area contributed by atoms with E-state index in [1.165, 1.54) is 11.1 Å². The summed E-state index contributed by atoms with van der Waals surface area (Å²) in [5, 5.41) is 0.